The monoisotopic (exact) mass is 324 g/mol. The molecule has 0 aliphatic carbocycles. The molecule has 2 amide bonds. The van der Waals surface area contributed by atoms with Gasteiger partial charge in [-0.15, -0.1) is 0 Å². The van der Waals surface area contributed by atoms with Crippen LogP contribution in [0.5, 0.6) is 0 Å². The number of hydrogen-bond donors (Lipinski definition) is 2. The third-order valence-corrected chi connectivity index (χ3v) is 3.78. The molecule has 0 saturated heterocycles. The van der Waals surface area contributed by atoms with Crippen molar-refractivity contribution in [1.29, 1.82) is 0 Å². The summed E-state index contributed by atoms with van der Waals surface area (Å²) in [4.78, 5) is 23.0. The van der Waals surface area contributed by atoms with Crippen molar-refractivity contribution in [1.82, 2.24) is 0 Å². The Morgan fingerprint density at radius 3 is 1.92 bits per heavy atom. The van der Waals surface area contributed by atoms with E-state index in [1.165, 1.54) is 12.5 Å². The first-order chi connectivity index (χ1) is 11.4. The van der Waals surface area contributed by atoms with Crippen LogP contribution >= 0.6 is 0 Å². The van der Waals surface area contributed by atoms with Gasteiger partial charge in [0.25, 0.3) is 0 Å². The number of aryl methyl sites for hydroxylation is 1. The molecule has 4 heteroatoms. The SMILES string of the molecule is CC(=O)Nc1ccc(NC(=O)CCc2ccc(C(C)C)cc2)cc1. The molecule has 2 N–H and O–H groups in total. The molecule has 2 aromatic rings. The molecular weight excluding hydrogens is 300 g/mol. The van der Waals surface area contributed by atoms with E-state index in [0.29, 0.717) is 24.4 Å². The van der Waals surface area contributed by atoms with Gasteiger partial charge in [0.2, 0.25) is 11.8 Å². The summed E-state index contributed by atoms with van der Waals surface area (Å²) in [6.45, 7) is 5.79. The molecule has 0 aromatic heterocycles. The summed E-state index contributed by atoms with van der Waals surface area (Å²) in [5.41, 5.74) is 3.91. The van der Waals surface area contributed by atoms with Crippen LogP contribution in [0.4, 0.5) is 11.4 Å². The van der Waals surface area contributed by atoms with Gasteiger partial charge >= 0.3 is 0 Å². The Kier molecular flexibility index (Phi) is 6.13. The summed E-state index contributed by atoms with van der Waals surface area (Å²) in [6, 6.07) is 15.5. The Balaban J connectivity index is 1.83. The Bertz CT molecular complexity index is 689. The quantitative estimate of drug-likeness (QED) is 0.830. The lowest BCUT2D eigenvalue weighted by molar-refractivity contribution is -0.116. The summed E-state index contributed by atoms with van der Waals surface area (Å²) in [5, 5.41) is 5.56. The fourth-order valence-electron chi connectivity index (χ4n) is 2.39. The maximum atomic E-state index is 12.0. The van der Waals surface area contributed by atoms with E-state index in [1.54, 1.807) is 24.3 Å². The van der Waals surface area contributed by atoms with Crippen LogP contribution in [-0.4, -0.2) is 11.8 Å². The molecule has 126 valence electrons. The van der Waals surface area contributed by atoms with Gasteiger partial charge in [-0.1, -0.05) is 38.1 Å². The third kappa shape index (κ3) is 5.54. The number of anilines is 2. The standard InChI is InChI=1S/C20H24N2O2/c1-14(2)17-7-4-16(5-8-17)6-13-20(24)22-19-11-9-18(10-12-19)21-15(3)23/h4-5,7-12,14H,6,13H2,1-3H3,(H,21,23)(H,22,24). The van der Waals surface area contributed by atoms with Crippen molar-refractivity contribution in [2.45, 2.75) is 39.5 Å². The molecule has 0 spiro atoms. The Labute approximate surface area is 143 Å². The molecule has 4 nitrogen and oxygen atoms in total. The minimum Gasteiger partial charge on any atom is -0.326 e. The van der Waals surface area contributed by atoms with Gasteiger partial charge in [0.05, 0.1) is 0 Å². The number of nitrogens with one attached hydrogen (secondary N) is 2. The van der Waals surface area contributed by atoms with E-state index >= 15 is 0 Å². The van der Waals surface area contributed by atoms with Gasteiger partial charge in [-0.05, 0) is 47.7 Å². The maximum absolute atomic E-state index is 12.0. The zero-order valence-corrected chi connectivity index (χ0v) is 14.4. The van der Waals surface area contributed by atoms with Crippen molar-refractivity contribution in [2.75, 3.05) is 10.6 Å². The molecule has 0 radical (unpaired) electrons. The Morgan fingerprint density at radius 1 is 0.875 bits per heavy atom. The first-order valence-electron chi connectivity index (χ1n) is 8.20. The van der Waals surface area contributed by atoms with Crippen molar-refractivity contribution in [3.63, 3.8) is 0 Å². The van der Waals surface area contributed by atoms with Crippen LogP contribution in [0.2, 0.25) is 0 Å². The minimum absolute atomic E-state index is 0.0183. The highest BCUT2D eigenvalue weighted by Crippen LogP contribution is 2.16. The molecule has 0 saturated carbocycles. The molecule has 0 heterocycles. The van der Waals surface area contributed by atoms with E-state index in [-0.39, 0.29) is 11.8 Å². The fourth-order valence-corrected chi connectivity index (χ4v) is 2.39. The van der Waals surface area contributed by atoms with Crippen molar-refractivity contribution in [3.8, 4) is 0 Å². The first-order valence-corrected chi connectivity index (χ1v) is 8.20. The number of hydrogen-bond acceptors (Lipinski definition) is 2. The van der Waals surface area contributed by atoms with Crippen LogP contribution in [0.15, 0.2) is 48.5 Å². The molecule has 2 aromatic carbocycles. The highest BCUT2D eigenvalue weighted by molar-refractivity contribution is 5.92. The number of carbonyl (C=O) groups is 2. The molecule has 24 heavy (non-hydrogen) atoms. The molecule has 0 bridgehead atoms. The Morgan fingerprint density at radius 2 is 1.42 bits per heavy atom. The highest BCUT2D eigenvalue weighted by Gasteiger charge is 2.05. The third-order valence-electron chi connectivity index (χ3n) is 3.78. The van der Waals surface area contributed by atoms with Gasteiger partial charge in [-0.2, -0.15) is 0 Å². The van der Waals surface area contributed by atoms with Gasteiger partial charge in [-0.3, -0.25) is 9.59 Å². The topological polar surface area (TPSA) is 58.2 Å². The lowest BCUT2D eigenvalue weighted by Crippen LogP contribution is -2.12. The van der Waals surface area contributed by atoms with Crippen molar-refractivity contribution < 1.29 is 9.59 Å². The van der Waals surface area contributed by atoms with E-state index in [1.807, 2.05) is 0 Å². The average Bonchev–Trinajstić information content (AvgIpc) is 2.54. The largest absolute Gasteiger partial charge is 0.326 e. The van der Waals surface area contributed by atoms with Gasteiger partial charge in [0, 0.05) is 24.7 Å². The summed E-state index contributed by atoms with van der Waals surface area (Å²) in [7, 11) is 0. The van der Waals surface area contributed by atoms with Gasteiger partial charge in [0.15, 0.2) is 0 Å². The highest BCUT2D eigenvalue weighted by atomic mass is 16.2. The lowest BCUT2D eigenvalue weighted by atomic mass is 10.0. The number of rotatable bonds is 6. The van der Waals surface area contributed by atoms with E-state index in [0.717, 1.165) is 11.3 Å². The van der Waals surface area contributed by atoms with Crippen LogP contribution in [0.1, 0.15) is 44.2 Å². The minimum atomic E-state index is -0.115. The van der Waals surface area contributed by atoms with Gasteiger partial charge in [-0.25, -0.2) is 0 Å². The van der Waals surface area contributed by atoms with Gasteiger partial charge < -0.3 is 10.6 Å². The van der Waals surface area contributed by atoms with Crippen LogP contribution in [-0.2, 0) is 16.0 Å². The summed E-state index contributed by atoms with van der Waals surface area (Å²) in [6.07, 6.45) is 1.16. The molecule has 0 aliphatic heterocycles. The zero-order chi connectivity index (χ0) is 17.5. The van der Waals surface area contributed by atoms with Crippen LogP contribution in [0.25, 0.3) is 0 Å². The smallest absolute Gasteiger partial charge is 0.224 e. The maximum Gasteiger partial charge on any atom is 0.224 e. The normalized spacial score (nSPS) is 10.5. The van der Waals surface area contributed by atoms with Crippen molar-refractivity contribution >= 4 is 23.2 Å². The summed E-state index contributed by atoms with van der Waals surface area (Å²) >= 11 is 0. The molecule has 2 rings (SSSR count). The number of benzene rings is 2. The second-order valence-electron chi connectivity index (χ2n) is 6.20. The summed E-state index contributed by atoms with van der Waals surface area (Å²) in [5.74, 6) is 0.383. The summed E-state index contributed by atoms with van der Waals surface area (Å²) < 4.78 is 0. The predicted molar refractivity (Wildman–Crippen MR) is 98.2 cm³/mol. The molecule has 0 atom stereocenters. The zero-order valence-electron chi connectivity index (χ0n) is 14.4. The van der Waals surface area contributed by atoms with Crippen molar-refractivity contribution in [3.05, 3.63) is 59.7 Å². The molecule has 0 unspecified atom stereocenters. The van der Waals surface area contributed by atoms with Gasteiger partial charge in [0.1, 0.15) is 0 Å². The van der Waals surface area contributed by atoms with Crippen LogP contribution in [0, 0.1) is 0 Å². The molecule has 0 fully saturated rings. The van der Waals surface area contributed by atoms with E-state index < -0.39 is 0 Å². The van der Waals surface area contributed by atoms with Crippen LogP contribution < -0.4 is 10.6 Å². The van der Waals surface area contributed by atoms with E-state index in [9.17, 15) is 9.59 Å². The molecule has 0 aliphatic rings. The lowest BCUT2D eigenvalue weighted by Gasteiger charge is -2.08. The Hall–Kier alpha value is -2.62. The molecular formula is C20H24N2O2. The first kappa shape index (κ1) is 17.7. The predicted octanol–water partition coefficient (Wildman–Crippen LogP) is 4.34. The fraction of sp³-hybridized carbons (Fsp3) is 0.300. The van der Waals surface area contributed by atoms with Crippen molar-refractivity contribution in [2.24, 2.45) is 0 Å². The van der Waals surface area contributed by atoms with Crippen LogP contribution in [0.3, 0.4) is 0 Å². The number of amides is 2. The van der Waals surface area contributed by atoms with E-state index in [4.69, 9.17) is 0 Å². The second kappa shape index (κ2) is 8.29. The van der Waals surface area contributed by atoms with E-state index in [2.05, 4.69) is 48.7 Å². The second-order valence-corrected chi connectivity index (χ2v) is 6.20. The average molecular weight is 324 g/mol. The number of carbonyl (C=O) groups excluding carboxylic acids is 2.